The average molecular weight is 110 g/mol. The SMILES string of the molecule is CB(C)C1CCC1C. The van der Waals surface area contributed by atoms with Crippen LogP contribution in [0.5, 0.6) is 0 Å². The van der Waals surface area contributed by atoms with Gasteiger partial charge in [0.05, 0.1) is 0 Å². The molecule has 1 rings (SSSR count). The van der Waals surface area contributed by atoms with Crippen LogP contribution in [-0.2, 0) is 0 Å². The Morgan fingerprint density at radius 2 is 1.88 bits per heavy atom. The highest BCUT2D eigenvalue weighted by Gasteiger charge is 2.30. The van der Waals surface area contributed by atoms with Crippen molar-refractivity contribution in [2.45, 2.75) is 39.2 Å². The molecule has 1 aliphatic rings. The van der Waals surface area contributed by atoms with Crippen LogP contribution >= 0.6 is 0 Å². The van der Waals surface area contributed by atoms with E-state index in [1.54, 1.807) is 0 Å². The molecule has 46 valence electrons. The Morgan fingerprint density at radius 3 is 1.88 bits per heavy atom. The Bertz CT molecular complexity index is 73.7. The lowest BCUT2D eigenvalue weighted by atomic mass is 9.37. The van der Waals surface area contributed by atoms with E-state index in [9.17, 15) is 0 Å². The van der Waals surface area contributed by atoms with Crippen molar-refractivity contribution in [2.75, 3.05) is 0 Å². The van der Waals surface area contributed by atoms with Crippen LogP contribution in [0.2, 0.25) is 19.5 Å². The van der Waals surface area contributed by atoms with Crippen molar-refractivity contribution >= 4 is 6.71 Å². The van der Waals surface area contributed by atoms with Crippen LogP contribution in [0.15, 0.2) is 0 Å². The maximum Gasteiger partial charge on any atom is 0.137 e. The summed E-state index contributed by atoms with van der Waals surface area (Å²) in [6.07, 6.45) is 2.96. The molecule has 0 heterocycles. The van der Waals surface area contributed by atoms with Crippen LogP contribution in [0.3, 0.4) is 0 Å². The van der Waals surface area contributed by atoms with E-state index in [0.29, 0.717) is 0 Å². The molecular weight excluding hydrogens is 94.9 g/mol. The predicted molar refractivity (Wildman–Crippen MR) is 39.6 cm³/mol. The molecule has 0 radical (unpaired) electrons. The fourth-order valence-corrected chi connectivity index (χ4v) is 1.68. The minimum atomic E-state index is 0.929. The zero-order chi connectivity index (χ0) is 6.15. The first-order chi connectivity index (χ1) is 3.72. The molecule has 0 spiro atoms. The van der Waals surface area contributed by atoms with Crippen LogP contribution in [0.25, 0.3) is 0 Å². The molecular formula is C7H15B. The third-order valence-electron chi connectivity index (χ3n) is 2.54. The molecule has 0 amide bonds. The zero-order valence-electron chi connectivity index (χ0n) is 6.15. The molecule has 2 unspecified atom stereocenters. The second kappa shape index (κ2) is 2.12. The first-order valence-corrected chi connectivity index (χ1v) is 3.72. The average Bonchev–Trinajstić information content (AvgIpc) is 1.61. The predicted octanol–water partition coefficient (Wildman–Crippen LogP) is 2.54. The number of hydrogen-bond donors (Lipinski definition) is 0. The van der Waals surface area contributed by atoms with Crippen molar-refractivity contribution in [3.63, 3.8) is 0 Å². The molecule has 0 aromatic heterocycles. The van der Waals surface area contributed by atoms with Gasteiger partial charge in [0.25, 0.3) is 0 Å². The van der Waals surface area contributed by atoms with Gasteiger partial charge < -0.3 is 0 Å². The Labute approximate surface area is 52.7 Å². The van der Waals surface area contributed by atoms with Gasteiger partial charge in [-0.15, -0.1) is 0 Å². The van der Waals surface area contributed by atoms with Gasteiger partial charge in [-0.05, 0) is 5.92 Å². The van der Waals surface area contributed by atoms with Crippen molar-refractivity contribution < 1.29 is 0 Å². The van der Waals surface area contributed by atoms with Crippen LogP contribution in [-0.4, -0.2) is 6.71 Å². The maximum atomic E-state index is 2.37. The topological polar surface area (TPSA) is 0 Å². The van der Waals surface area contributed by atoms with Gasteiger partial charge in [0.15, 0.2) is 0 Å². The summed E-state index contributed by atoms with van der Waals surface area (Å²) < 4.78 is 0. The number of hydrogen-bond acceptors (Lipinski definition) is 0. The van der Waals surface area contributed by atoms with Gasteiger partial charge in [-0.25, -0.2) is 0 Å². The second-order valence-electron chi connectivity index (χ2n) is 3.46. The summed E-state index contributed by atoms with van der Waals surface area (Å²) in [6, 6.07) is 0. The van der Waals surface area contributed by atoms with E-state index in [2.05, 4.69) is 20.6 Å². The van der Waals surface area contributed by atoms with Crippen LogP contribution in [0.1, 0.15) is 19.8 Å². The molecule has 1 aliphatic carbocycles. The molecule has 0 aliphatic heterocycles. The van der Waals surface area contributed by atoms with Crippen LogP contribution in [0, 0.1) is 5.92 Å². The fourth-order valence-electron chi connectivity index (χ4n) is 1.68. The second-order valence-corrected chi connectivity index (χ2v) is 3.46. The van der Waals surface area contributed by atoms with Crippen LogP contribution in [0.4, 0.5) is 0 Å². The quantitative estimate of drug-likeness (QED) is 0.455. The van der Waals surface area contributed by atoms with Gasteiger partial charge in [-0.1, -0.05) is 39.2 Å². The van der Waals surface area contributed by atoms with E-state index in [1.807, 2.05) is 0 Å². The van der Waals surface area contributed by atoms with Gasteiger partial charge in [0.1, 0.15) is 6.71 Å². The summed E-state index contributed by atoms with van der Waals surface area (Å²) >= 11 is 0. The molecule has 2 atom stereocenters. The van der Waals surface area contributed by atoms with Crippen molar-refractivity contribution in [1.82, 2.24) is 0 Å². The molecule has 1 saturated carbocycles. The van der Waals surface area contributed by atoms with Crippen molar-refractivity contribution in [1.29, 1.82) is 0 Å². The highest BCUT2D eigenvalue weighted by molar-refractivity contribution is 6.57. The standard InChI is InChI=1S/C7H15B/c1-6-4-5-7(6)8(2)3/h6-7H,4-5H2,1-3H3. The normalized spacial score (nSPS) is 36.4. The minimum absolute atomic E-state index is 0.929. The minimum Gasteiger partial charge on any atom is -0.0861 e. The Morgan fingerprint density at radius 1 is 1.25 bits per heavy atom. The van der Waals surface area contributed by atoms with E-state index in [-0.39, 0.29) is 0 Å². The smallest absolute Gasteiger partial charge is 0.0861 e. The summed E-state index contributed by atoms with van der Waals surface area (Å²) in [7, 11) is 0. The Hall–Kier alpha value is 0.0649. The summed E-state index contributed by atoms with van der Waals surface area (Å²) in [5.41, 5.74) is 0. The van der Waals surface area contributed by atoms with Gasteiger partial charge in [0, 0.05) is 0 Å². The fraction of sp³-hybridized carbons (Fsp3) is 1.00. The third kappa shape index (κ3) is 0.912. The summed E-state index contributed by atoms with van der Waals surface area (Å²) in [4.78, 5) is 0. The van der Waals surface area contributed by atoms with Gasteiger partial charge in [0.2, 0.25) is 0 Å². The van der Waals surface area contributed by atoms with E-state index >= 15 is 0 Å². The van der Waals surface area contributed by atoms with E-state index < -0.39 is 0 Å². The summed E-state index contributed by atoms with van der Waals surface area (Å²) in [5.74, 6) is 2.07. The van der Waals surface area contributed by atoms with Crippen molar-refractivity contribution in [2.24, 2.45) is 5.92 Å². The maximum absolute atomic E-state index is 2.37. The molecule has 1 fully saturated rings. The molecule has 0 aromatic carbocycles. The monoisotopic (exact) mass is 110 g/mol. The van der Waals surface area contributed by atoms with Gasteiger partial charge in [-0.3, -0.25) is 0 Å². The summed E-state index contributed by atoms with van der Waals surface area (Å²) in [5, 5.41) is 0. The van der Waals surface area contributed by atoms with Gasteiger partial charge >= 0.3 is 0 Å². The third-order valence-corrected chi connectivity index (χ3v) is 2.54. The highest BCUT2D eigenvalue weighted by atomic mass is 14.2. The molecule has 0 aromatic rings. The molecule has 0 nitrogen and oxygen atoms in total. The lowest BCUT2D eigenvalue weighted by Gasteiger charge is -2.35. The molecule has 0 bridgehead atoms. The first-order valence-electron chi connectivity index (χ1n) is 3.72. The molecule has 1 heteroatoms. The Kier molecular flexibility index (Phi) is 1.64. The largest absolute Gasteiger partial charge is 0.137 e. The summed E-state index contributed by atoms with van der Waals surface area (Å²) in [6.45, 7) is 7.97. The van der Waals surface area contributed by atoms with E-state index in [4.69, 9.17) is 0 Å². The highest BCUT2D eigenvalue weighted by Crippen LogP contribution is 2.40. The van der Waals surface area contributed by atoms with Crippen molar-refractivity contribution in [3.8, 4) is 0 Å². The molecule has 0 N–H and O–H groups in total. The van der Waals surface area contributed by atoms with Gasteiger partial charge in [-0.2, -0.15) is 0 Å². The zero-order valence-corrected chi connectivity index (χ0v) is 6.15. The Balaban J connectivity index is 2.26. The van der Waals surface area contributed by atoms with Crippen LogP contribution < -0.4 is 0 Å². The lowest BCUT2D eigenvalue weighted by Crippen LogP contribution is -2.27. The molecule has 8 heavy (non-hydrogen) atoms. The lowest BCUT2D eigenvalue weighted by molar-refractivity contribution is 0.340. The first kappa shape index (κ1) is 6.19. The van der Waals surface area contributed by atoms with Crippen molar-refractivity contribution in [3.05, 3.63) is 0 Å². The van der Waals surface area contributed by atoms with E-state index in [1.165, 1.54) is 12.8 Å². The molecule has 0 saturated heterocycles. The van der Waals surface area contributed by atoms with E-state index in [0.717, 1.165) is 18.4 Å². The number of rotatable bonds is 1.